The monoisotopic (exact) mass is 730 g/mol. The van der Waals surface area contributed by atoms with Crippen LogP contribution in [-0.2, 0) is 30.6 Å². The number of ether oxygens (including phenoxy) is 1. The third-order valence-electron chi connectivity index (χ3n) is 10.2. The van der Waals surface area contributed by atoms with Crippen LogP contribution in [0.3, 0.4) is 0 Å². The molecule has 2 fully saturated rings. The topological polar surface area (TPSA) is 154 Å². The van der Waals surface area contributed by atoms with Crippen molar-refractivity contribution >= 4 is 27.6 Å². The molecule has 0 spiro atoms. The Labute approximate surface area is 302 Å². The number of likely N-dealkylation sites (tertiary alicyclic amines) is 1. The van der Waals surface area contributed by atoms with Gasteiger partial charge in [0.25, 0.3) is 5.91 Å². The lowest BCUT2D eigenvalue weighted by Crippen LogP contribution is -2.64. The molecule has 0 aromatic heterocycles. The second kappa shape index (κ2) is 16.9. The number of sulfone groups is 1. The second-order valence-electron chi connectivity index (χ2n) is 15.7. The summed E-state index contributed by atoms with van der Waals surface area (Å²) >= 11 is 0. The summed E-state index contributed by atoms with van der Waals surface area (Å²) < 4.78 is 43.0. The predicted molar refractivity (Wildman–Crippen MR) is 194 cm³/mol. The number of benzene rings is 2. The highest BCUT2D eigenvalue weighted by Crippen LogP contribution is 2.39. The molecule has 0 bridgehead atoms. The van der Waals surface area contributed by atoms with E-state index in [-0.39, 0.29) is 24.6 Å². The van der Waals surface area contributed by atoms with E-state index in [4.69, 9.17) is 4.74 Å². The summed E-state index contributed by atoms with van der Waals surface area (Å²) in [5.74, 6) is -1.09. The van der Waals surface area contributed by atoms with Crippen molar-refractivity contribution in [2.45, 2.75) is 108 Å². The van der Waals surface area contributed by atoms with Crippen molar-refractivity contribution in [2.75, 3.05) is 26.0 Å². The van der Waals surface area contributed by atoms with Gasteiger partial charge in [0.1, 0.15) is 17.6 Å². The maximum atomic E-state index is 14.1. The number of amides is 3. The Morgan fingerprint density at radius 2 is 1.59 bits per heavy atom. The highest BCUT2D eigenvalue weighted by atomic mass is 32.2. The van der Waals surface area contributed by atoms with E-state index in [9.17, 15) is 32.3 Å². The zero-order valence-electron chi connectivity index (χ0n) is 30.7. The lowest BCUT2D eigenvalue weighted by atomic mass is 9.72. The lowest BCUT2D eigenvalue weighted by molar-refractivity contribution is -0.133. The van der Waals surface area contributed by atoms with Crippen LogP contribution in [0.5, 0.6) is 5.75 Å². The molecule has 1 aliphatic heterocycles. The van der Waals surface area contributed by atoms with Crippen LogP contribution in [0.25, 0.3) is 0 Å². The smallest absolute Gasteiger partial charge is 0.258 e. The Morgan fingerprint density at radius 1 is 0.961 bits per heavy atom. The molecule has 1 aliphatic carbocycles. The average Bonchev–Trinajstić information content (AvgIpc) is 3.05. The average molecular weight is 731 g/mol. The van der Waals surface area contributed by atoms with Gasteiger partial charge in [0.05, 0.1) is 22.9 Å². The van der Waals surface area contributed by atoms with Crippen molar-refractivity contribution in [1.29, 1.82) is 0 Å². The summed E-state index contributed by atoms with van der Waals surface area (Å²) in [5.41, 5.74) is 0.385. The Balaban J connectivity index is 1.58. The Kier molecular flexibility index (Phi) is 13.3. The molecule has 13 heteroatoms. The number of aliphatic hydroxyl groups excluding tert-OH is 1. The summed E-state index contributed by atoms with van der Waals surface area (Å²) in [4.78, 5) is 42.9. The molecule has 4 rings (SSSR count). The number of nitrogens with zero attached hydrogens (tertiary/aromatic N) is 1. The molecular weight excluding hydrogens is 676 g/mol. The fourth-order valence-corrected chi connectivity index (χ4v) is 7.66. The number of halogens is 1. The summed E-state index contributed by atoms with van der Waals surface area (Å²) in [6, 6.07) is 11.4. The molecule has 51 heavy (non-hydrogen) atoms. The van der Waals surface area contributed by atoms with Gasteiger partial charge in [0.2, 0.25) is 11.8 Å². The second-order valence-corrected chi connectivity index (χ2v) is 18.3. The van der Waals surface area contributed by atoms with Crippen LogP contribution in [0.1, 0.15) is 72.3 Å². The van der Waals surface area contributed by atoms with Crippen LogP contribution >= 0.6 is 0 Å². The maximum absolute atomic E-state index is 14.1. The molecule has 2 aliphatic rings. The normalized spacial score (nSPS) is 21.8. The number of hydrogen-bond donors (Lipinski definition) is 4. The maximum Gasteiger partial charge on any atom is 0.258 e. The predicted octanol–water partition coefficient (Wildman–Crippen LogP) is 3.40. The van der Waals surface area contributed by atoms with Crippen molar-refractivity contribution in [2.24, 2.45) is 11.8 Å². The van der Waals surface area contributed by atoms with Crippen molar-refractivity contribution < 1.29 is 37.0 Å². The minimum atomic E-state index is -3.92. The van der Waals surface area contributed by atoms with E-state index < -0.39 is 68.6 Å². The first-order chi connectivity index (χ1) is 23.8. The van der Waals surface area contributed by atoms with Crippen LogP contribution < -0.4 is 20.7 Å². The highest BCUT2D eigenvalue weighted by Gasteiger charge is 2.46. The molecule has 2 unspecified atom stereocenters. The van der Waals surface area contributed by atoms with Gasteiger partial charge in [-0.25, -0.2) is 12.8 Å². The third kappa shape index (κ3) is 11.2. The first kappa shape index (κ1) is 40.2. The quantitative estimate of drug-likeness (QED) is 0.231. The molecule has 282 valence electrons. The summed E-state index contributed by atoms with van der Waals surface area (Å²) in [6.07, 6.45) is 5.13. The van der Waals surface area contributed by atoms with E-state index in [0.29, 0.717) is 24.8 Å². The lowest BCUT2D eigenvalue weighted by Gasteiger charge is -2.47. The molecule has 0 radical (unpaired) electrons. The fraction of sp³-hybridized carbons (Fsp3) is 0.605. The van der Waals surface area contributed by atoms with Crippen LogP contribution in [0.15, 0.2) is 54.6 Å². The van der Waals surface area contributed by atoms with Gasteiger partial charge in [-0.1, -0.05) is 49.6 Å². The Morgan fingerprint density at radius 3 is 2.20 bits per heavy atom. The van der Waals surface area contributed by atoms with Crippen molar-refractivity contribution in [3.05, 3.63) is 66.0 Å². The van der Waals surface area contributed by atoms with Gasteiger partial charge in [0.15, 0.2) is 16.4 Å². The molecule has 1 heterocycles. The van der Waals surface area contributed by atoms with Gasteiger partial charge >= 0.3 is 0 Å². The van der Waals surface area contributed by atoms with Gasteiger partial charge in [0, 0.05) is 24.9 Å². The van der Waals surface area contributed by atoms with E-state index in [2.05, 4.69) is 16.0 Å². The minimum absolute atomic E-state index is 0.0945. The number of β-amino-alcohol motifs (C(OH)–C–C–N with tert-alkyl or cyclic N) is 1. The number of fused-ring (bicyclic) bond motifs is 1. The largest absolute Gasteiger partial charge is 0.484 e. The molecule has 1 saturated heterocycles. The van der Waals surface area contributed by atoms with Crippen molar-refractivity contribution in [3.63, 3.8) is 0 Å². The number of piperidine rings is 1. The van der Waals surface area contributed by atoms with E-state index >= 15 is 0 Å². The Hall–Kier alpha value is -3.55. The fourth-order valence-electron chi connectivity index (χ4n) is 7.06. The number of hydrogen-bond acceptors (Lipinski definition) is 8. The molecule has 2 aromatic rings. The van der Waals surface area contributed by atoms with Crippen molar-refractivity contribution in [1.82, 2.24) is 20.9 Å². The van der Waals surface area contributed by atoms with Gasteiger partial charge < -0.3 is 25.8 Å². The number of carbonyl (C=O) groups is 3. The molecule has 4 N–H and O–H groups in total. The molecule has 11 nitrogen and oxygen atoms in total. The van der Waals surface area contributed by atoms with E-state index in [1.807, 2.05) is 56.0 Å². The van der Waals surface area contributed by atoms with Gasteiger partial charge in [-0.3, -0.25) is 19.3 Å². The standard InChI is InChI=1S/C38H55FN4O7S/c1-37(2,3)42-35(46)31-21-26-14-10-11-15-27(26)22-43(31)23-32(44)30(20-25-12-8-7-9-13-25)40-36(47)34(38(4,5)51(6,48)49)41-33(45)24-50-29-18-16-28(39)17-19-29/h7-9,12-13,16-19,26-27,30-32,34,44H,10-11,14-15,20-24H2,1-6H3,(H,40,47)(H,41,45)(H,42,46)/t26?,27?,30-,31-,32+,34+/m0/s1. The van der Waals surface area contributed by atoms with E-state index in [0.717, 1.165) is 37.5 Å². The number of aliphatic hydroxyl groups is 1. The van der Waals surface area contributed by atoms with Gasteiger partial charge in [-0.2, -0.15) is 0 Å². The molecule has 1 saturated carbocycles. The zero-order valence-corrected chi connectivity index (χ0v) is 31.5. The molecule has 3 amide bonds. The summed E-state index contributed by atoms with van der Waals surface area (Å²) in [5, 5.41) is 20.5. The number of nitrogens with one attached hydrogen (secondary N) is 3. The third-order valence-corrected chi connectivity index (χ3v) is 12.4. The highest BCUT2D eigenvalue weighted by molar-refractivity contribution is 7.92. The van der Waals surface area contributed by atoms with Gasteiger partial charge in [-0.15, -0.1) is 0 Å². The molecular formula is C38H55FN4O7S. The summed E-state index contributed by atoms with van der Waals surface area (Å²) in [6.45, 7) is 8.69. The van der Waals surface area contributed by atoms with Crippen LogP contribution in [0.2, 0.25) is 0 Å². The Bertz CT molecular complexity index is 1600. The number of carbonyl (C=O) groups excluding carboxylic acids is 3. The van der Waals surface area contributed by atoms with Crippen LogP contribution in [0.4, 0.5) is 4.39 Å². The number of rotatable bonds is 14. The minimum Gasteiger partial charge on any atom is -0.484 e. The first-order valence-corrected chi connectivity index (χ1v) is 19.7. The SMILES string of the molecule is CC(C)(C)NC(=O)[C@@H]1CC2CCCCC2CN1C[C@@H](O)[C@H](Cc1ccccc1)NC(=O)[C@@H](NC(=O)COc1ccc(F)cc1)C(C)(C)S(C)(=O)=O. The molecule has 6 atom stereocenters. The first-order valence-electron chi connectivity index (χ1n) is 17.8. The summed E-state index contributed by atoms with van der Waals surface area (Å²) in [7, 11) is -3.92. The van der Waals surface area contributed by atoms with Gasteiger partial charge in [-0.05, 0) is 95.5 Å². The van der Waals surface area contributed by atoms with E-state index in [1.54, 1.807) is 0 Å². The van der Waals surface area contributed by atoms with Crippen molar-refractivity contribution in [3.8, 4) is 5.75 Å². The zero-order chi connectivity index (χ0) is 37.6. The van der Waals surface area contributed by atoms with Crippen LogP contribution in [-0.4, -0.2) is 96.6 Å². The van der Waals surface area contributed by atoms with Crippen LogP contribution in [0, 0.1) is 17.7 Å². The van der Waals surface area contributed by atoms with E-state index in [1.165, 1.54) is 38.1 Å². The molecule has 2 aromatic carbocycles.